The molecular formula is C16H18N2O2. The first-order chi connectivity index (χ1) is 9.58. The van der Waals surface area contributed by atoms with E-state index in [1.807, 2.05) is 6.07 Å². The third-order valence-corrected chi connectivity index (χ3v) is 4.84. The number of hydrogen-bond acceptors (Lipinski definition) is 2. The predicted octanol–water partition coefficient (Wildman–Crippen LogP) is 3.51. The van der Waals surface area contributed by atoms with Crippen molar-refractivity contribution in [3.8, 4) is 0 Å². The van der Waals surface area contributed by atoms with Gasteiger partial charge in [-0.05, 0) is 57.2 Å². The van der Waals surface area contributed by atoms with Gasteiger partial charge >= 0.3 is 5.97 Å². The lowest BCUT2D eigenvalue weighted by Crippen LogP contribution is -2.38. The van der Waals surface area contributed by atoms with Gasteiger partial charge in [-0.3, -0.25) is 0 Å². The Labute approximate surface area is 117 Å². The van der Waals surface area contributed by atoms with E-state index in [9.17, 15) is 4.79 Å². The molecule has 0 atom stereocenters. The van der Waals surface area contributed by atoms with Gasteiger partial charge in [-0.15, -0.1) is 0 Å². The zero-order valence-corrected chi connectivity index (χ0v) is 11.6. The van der Waals surface area contributed by atoms with Gasteiger partial charge in [0.05, 0.1) is 16.6 Å². The van der Waals surface area contributed by atoms with Crippen molar-refractivity contribution in [1.29, 1.82) is 0 Å². The van der Waals surface area contributed by atoms with Crippen LogP contribution in [-0.4, -0.2) is 20.6 Å². The largest absolute Gasteiger partial charge is 0.478 e. The first kappa shape index (κ1) is 11.9. The molecule has 1 N–H and O–H groups in total. The summed E-state index contributed by atoms with van der Waals surface area (Å²) in [6.07, 6.45) is 6.08. The molecule has 4 heteroatoms. The lowest BCUT2D eigenvalue weighted by molar-refractivity contribution is 0.0697. The van der Waals surface area contributed by atoms with Crippen molar-refractivity contribution in [2.45, 2.75) is 50.5 Å². The molecule has 1 heterocycles. The lowest BCUT2D eigenvalue weighted by Gasteiger charge is -2.41. The molecule has 4 rings (SSSR count). The van der Waals surface area contributed by atoms with Crippen molar-refractivity contribution >= 4 is 17.0 Å². The highest BCUT2D eigenvalue weighted by atomic mass is 16.4. The summed E-state index contributed by atoms with van der Waals surface area (Å²) in [5.41, 5.74) is 2.43. The Balaban J connectivity index is 1.94. The molecule has 0 spiro atoms. The molecule has 20 heavy (non-hydrogen) atoms. The van der Waals surface area contributed by atoms with Crippen LogP contribution in [0.5, 0.6) is 0 Å². The molecule has 2 aromatic rings. The number of carboxylic acid groups (broad SMARTS) is 1. The van der Waals surface area contributed by atoms with E-state index in [4.69, 9.17) is 10.1 Å². The van der Waals surface area contributed by atoms with Crippen LogP contribution >= 0.6 is 0 Å². The number of carbonyl (C=O) groups is 1. The number of aromatic carboxylic acids is 1. The number of nitrogens with zero attached hydrogens (tertiary/aromatic N) is 2. The zero-order valence-electron chi connectivity index (χ0n) is 11.6. The van der Waals surface area contributed by atoms with Crippen LogP contribution in [-0.2, 0) is 5.54 Å². The fraction of sp³-hybridized carbons (Fsp3) is 0.500. The van der Waals surface area contributed by atoms with Crippen LogP contribution in [0.4, 0.5) is 0 Å². The van der Waals surface area contributed by atoms with Gasteiger partial charge in [-0.25, -0.2) is 9.78 Å². The fourth-order valence-corrected chi connectivity index (χ4v) is 3.33. The van der Waals surface area contributed by atoms with Gasteiger partial charge in [0, 0.05) is 11.5 Å². The number of carboxylic acids is 1. The van der Waals surface area contributed by atoms with E-state index in [1.54, 1.807) is 12.1 Å². The van der Waals surface area contributed by atoms with E-state index in [0.717, 1.165) is 11.0 Å². The predicted molar refractivity (Wildman–Crippen MR) is 76.2 cm³/mol. The van der Waals surface area contributed by atoms with Crippen molar-refractivity contribution in [3.63, 3.8) is 0 Å². The lowest BCUT2D eigenvalue weighted by atomic mass is 9.78. The minimum Gasteiger partial charge on any atom is -0.478 e. The maximum Gasteiger partial charge on any atom is 0.335 e. The molecular weight excluding hydrogens is 252 g/mol. The molecule has 0 aliphatic heterocycles. The fourth-order valence-electron chi connectivity index (χ4n) is 3.33. The van der Waals surface area contributed by atoms with Gasteiger partial charge in [0.15, 0.2) is 0 Å². The first-order valence-electron chi connectivity index (χ1n) is 7.35. The van der Waals surface area contributed by atoms with E-state index in [1.165, 1.54) is 37.9 Å². The molecule has 0 amide bonds. The summed E-state index contributed by atoms with van der Waals surface area (Å²) >= 11 is 0. The standard InChI is InChI=1S/C16H18N2O2/c1-16(7-2-8-16)18-13-6-5-11(15(19)20)9-12(13)17-14(18)10-3-4-10/h5-6,9-10H,2-4,7-8H2,1H3,(H,19,20). The second-order valence-corrected chi connectivity index (χ2v) is 6.44. The van der Waals surface area contributed by atoms with E-state index in [2.05, 4.69) is 11.5 Å². The molecule has 0 bridgehead atoms. The smallest absolute Gasteiger partial charge is 0.335 e. The number of imidazole rings is 1. The molecule has 2 aliphatic carbocycles. The Morgan fingerprint density at radius 1 is 1.40 bits per heavy atom. The number of rotatable bonds is 3. The van der Waals surface area contributed by atoms with Gasteiger partial charge in [-0.1, -0.05) is 0 Å². The highest BCUT2D eigenvalue weighted by Gasteiger charge is 2.40. The van der Waals surface area contributed by atoms with Crippen LogP contribution < -0.4 is 0 Å². The van der Waals surface area contributed by atoms with Gasteiger partial charge in [0.25, 0.3) is 0 Å². The SMILES string of the molecule is CC1(n2c(C3CC3)nc3cc(C(=O)O)ccc32)CCC1. The van der Waals surface area contributed by atoms with Gasteiger partial charge in [0.1, 0.15) is 5.82 Å². The first-order valence-corrected chi connectivity index (χ1v) is 7.35. The summed E-state index contributed by atoms with van der Waals surface area (Å²) in [6.45, 7) is 2.30. The average molecular weight is 270 g/mol. The Morgan fingerprint density at radius 3 is 2.70 bits per heavy atom. The third-order valence-electron chi connectivity index (χ3n) is 4.84. The van der Waals surface area contributed by atoms with Crippen molar-refractivity contribution in [2.75, 3.05) is 0 Å². The van der Waals surface area contributed by atoms with E-state index in [-0.39, 0.29) is 5.54 Å². The molecule has 104 valence electrons. The van der Waals surface area contributed by atoms with Crippen LogP contribution in [0.2, 0.25) is 0 Å². The number of benzene rings is 1. The summed E-state index contributed by atoms with van der Waals surface area (Å²) in [4.78, 5) is 15.9. The van der Waals surface area contributed by atoms with E-state index in [0.29, 0.717) is 11.5 Å². The molecule has 2 fully saturated rings. The Morgan fingerprint density at radius 2 is 2.15 bits per heavy atom. The molecule has 0 unspecified atom stereocenters. The van der Waals surface area contributed by atoms with Gasteiger partial charge in [-0.2, -0.15) is 0 Å². The molecule has 0 saturated heterocycles. The van der Waals surface area contributed by atoms with Gasteiger partial charge in [0.2, 0.25) is 0 Å². The van der Waals surface area contributed by atoms with Crippen LogP contribution in [0, 0.1) is 0 Å². The van der Waals surface area contributed by atoms with Crippen LogP contribution in [0.15, 0.2) is 18.2 Å². The monoisotopic (exact) mass is 270 g/mol. The summed E-state index contributed by atoms with van der Waals surface area (Å²) in [7, 11) is 0. The van der Waals surface area contributed by atoms with E-state index >= 15 is 0 Å². The van der Waals surface area contributed by atoms with E-state index < -0.39 is 5.97 Å². The van der Waals surface area contributed by atoms with Crippen molar-refractivity contribution < 1.29 is 9.90 Å². The Hall–Kier alpha value is -1.84. The topological polar surface area (TPSA) is 55.1 Å². The zero-order chi connectivity index (χ0) is 13.9. The maximum atomic E-state index is 11.1. The van der Waals surface area contributed by atoms with Crippen molar-refractivity contribution in [3.05, 3.63) is 29.6 Å². The highest BCUT2D eigenvalue weighted by Crippen LogP contribution is 2.47. The molecule has 2 saturated carbocycles. The average Bonchev–Trinajstić information content (AvgIpc) is 3.16. The normalized spacial score (nSPS) is 20.9. The van der Waals surface area contributed by atoms with Crippen molar-refractivity contribution in [1.82, 2.24) is 9.55 Å². The minimum atomic E-state index is -0.885. The molecule has 1 aromatic carbocycles. The van der Waals surface area contributed by atoms with Crippen molar-refractivity contribution in [2.24, 2.45) is 0 Å². The maximum absolute atomic E-state index is 11.1. The second kappa shape index (κ2) is 3.84. The van der Waals surface area contributed by atoms with Crippen LogP contribution in [0.25, 0.3) is 11.0 Å². The molecule has 2 aliphatic rings. The Bertz CT molecular complexity index is 709. The number of hydrogen-bond donors (Lipinski definition) is 1. The summed E-state index contributed by atoms with van der Waals surface area (Å²) in [5, 5.41) is 9.12. The highest BCUT2D eigenvalue weighted by molar-refractivity contribution is 5.92. The summed E-state index contributed by atoms with van der Waals surface area (Å²) < 4.78 is 2.40. The quantitative estimate of drug-likeness (QED) is 0.928. The molecule has 4 nitrogen and oxygen atoms in total. The summed E-state index contributed by atoms with van der Waals surface area (Å²) in [6, 6.07) is 5.34. The van der Waals surface area contributed by atoms with Gasteiger partial charge < -0.3 is 9.67 Å². The minimum absolute atomic E-state index is 0.178. The third kappa shape index (κ3) is 1.60. The molecule has 0 radical (unpaired) electrons. The summed E-state index contributed by atoms with van der Waals surface area (Å²) in [5.74, 6) is 0.863. The Kier molecular flexibility index (Phi) is 2.29. The number of fused-ring (bicyclic) bond motifs is 1. The van der Waals surface area contributed by atoms with Crippen LogP contribution in [0.1, 0.15) is 61.1 Å². The number of aromatic nitrogens is 2. The van der Waals surface area contributed by atoms with Crippen LogP contribution in [0.3, 0.4) is 0 Å². The second-order valence-electron chi connectivity index (χ2n) is 6.44. The molecule has 1 aromatic heterocycles.